The molecule has 0 radical (unpaired) electrons. The van der Waals surface area contributed by atoms with Crippen molar-refractivity contribution >= 4 is 0 Å². The third kappa shape index (κ3) is 4.75. The second-order valence-electron chi connectivity index (χ2n) is 5.13. The van der Waals surface area contributed by atoms with Crippen LogP contribution < -0.4 is 14.8 Å². The van der Waals surface area contributed by atoms with Crippen molar-refractivity contribution in [3.63, 3.8) is 0 Å². The van der Waals surface area contributed by atoms with Crippen LogP contribution in [0.1, 0.15) is 25.2 Å². The first kappa shape index (κ1) is 15.3. The van der Waals surface area contributed by atoms with Gasteiger partial charge in [-0.2, -0.15) is 4.98 Å². The summed E-state index contributed by atoms with van der Waals surface area (Å²) in [5.74, 6) is 2.63. The zero-order valence-corrected chi connectivity index (χ0v) is 12.6. The van der Waals surface area contributed by atoms with Gasteiger partial charge in [0.15, 0.2) is 6.61 Å². The van der Waals surface area contributed by atoms with E-state index in [1.165, 1.54) is 6.39 Å². The molecule has 0 spiro atoms. The highest BCUT2D eigenvalue weighted by Gasteiger charge is 2.08. The SMILES string of the molecule is COc1ccc(CNCC(C)C)c(OCc2ncon2)c1. The molecule has 0 saturated carbocycles. The molecule has 2 aromatic rings. The highest BCUT2D eigenvalue weighted by Crippen LogP contribution is 2.25. The summed E-state index contributed by atoms with van der Waals surface area (Å²) >= 11 is 0. The fourth-order valence-electron chi connectivity index (χ4n) is 1.84. The lowest BCUT2D eigenvalue weighted by atomic mass is 10.1. The summed E-state index contributed by atoms with van der Waals surface area (Å²) in [6.45, 7) is 6.31. The summed E-state index contributed by atoms with van der Waals surface area (Å²) in [6, 6.07) is 5.79. The van der Waals surface area contributed by atoms with Crippen molar-refractivity contribution in [2.24, 2.45) is 5.92 Å². The fraction of sp³-hybridized carbons (Fsp3) is 0.467. The lowest BCUT2D eigenvalue weighted by Crippen LogP contribution is -2.19. The van der Waals surface area contributed by atoms with Crippen LogP contribution >= 0.6 is 0 Å². The van der Waals surface area contributed by atoms with Crippen molar-refractivity contribution in [1.29, 1.82) is 0 Å². The normalized spacial score (nSPS) is 10.9. The first-order chi connectivity index (χ1) is 10.2. The van der Waals surface area contributed by atoms with Crippen LogP contribution in [-0.4, -0.2) is 23.8 Å². The monoisotopic (exact) mass is 291 g/mol. The molecule has 1 heterocycles. The van der Waals surface area contributed by atoms with E-state index in [9.17, 15) is 0 Å². The molecule has 2 rings (SSSR count). The Hall–Kier alpha value is -2.08. The molecule has 0 atom stereocenters. The Bertz CT molecular complexity index is 541. The standard InChI is InChI=1S/C15H21N3O3/c1-11(2)7-16-8-12-4-5-13(19-3)6-14(12)20-9-15-17-10-21-18-15/h4-6,10-11,16H,7-9H2,1-3H3. The Kier molecular flexibility index (Phi) is 5.57. The number of nitrogens with one attached hydrogen (secondary N) is 1. The van der Waals surface area contributed by atoms with E-state index in [0.717, 1.165) is 30.2 Å². The summed E-state index contributed by atoms with van der Waals surface area (Å²) in [7, 11) is 1.63. The van der Waals surface area contributed by atoms with Crippen LogP contribution in [0.5, 0.6) is 11.5 Å². The highest BCUT2D eigenvalue weighted by atomic mass is 16.5. The van der Waals surface area contributed by atoms with Gasteiger partial charge < -0.3 is 19.3 Å². The molecule has 0 amide bonds. The predicted molar refractivity (Wildman–Crippen MR) is 78.2 cm³/mol. The summed E-state index contributed by atoms with van der Waals surface area (Å²) in [5.41, 5.74) is 1.07. The lowest BCUT2D eigenvalue weighted by molar-refractivity contribution is 0.281. The zero-order chi connectivity index (χ0) is 15.1. The van der Waals surface area contributed by atoms with Crippen molar-refractivity contribution in [2.45, 2.75) is 27.0 Å². The van der Waals surface area contributed by atoms with Crippen LogP contribution in [0.15, 0.2) is 29.1 Å². The van der Waals surface area contributed by atoms with Crippen LogP contribution in [0.25, 0.3) is 0 Å². The van der Waals surface area contributed by atoms with E-state index in [4.69, 9.17) is 14.0 Å². The largest absolute Gasteiger partial charge is 0.497 e. The number of aromatic nitrogens is 2. The van der Waals surface area contributed by atoms with Gasteiger partial charge in [0.25, 0.3) is 0 Å². The number of hydrogen-bond acceptors (Lipinski definition) is 6. The average Bonchev–Trinajstić information content (AvgIpc) is 2.99. The third-order valence-electron chi connectivity index (χ3n) is 2.91. The summed E-state index contributed by atoms with van der Waals surface area (Å²) in [4.78, 5) is 3.94. The molecule has 114 valence electrons. The quantitative estimate of drug-likeness (QED) is 0.805. The molecule has 6 heteroatoms. The Morgan fingerprint density at radius 3 is 2.86 bits per heavy atom. The second kappa shape index (κ2) is 7.64. The number of methoxy groups -OCH3 is 1. The van der Waals surface area contributed by atoms with E-state index in [0.29, 0.717) is 11.7 Å². The highest BCUT2D eigenvalue weighted by molar-refractivity contribution is 5.40. The molecule has 0 aliphatic carbocycles. The van der Waals surface area contributed by atoms with Crippen molar-refractivity contribution in [3.8, 4) is 11.5 Å². The Balaban J connectivity index is 2.03. The van der Waals surface area contributed by atoms with Gasteiger partial charge in [0.1, 0.15) is 11.5 Å². The van der Waals surface area contributed by atoms with Crippen LogP contribution in [0.3, 0.4) is 0 Å². The molecular weight excluding hydrogens is 270 g/mol. The first-order valence-corrected chi connectivity index (χ1v) is 6.94. The van der Waals surface area contributed by atoms with E-state index < -0.39 is 0 Å². The molecular formula is C15H21N3O3. The minimum atomic E-state index is 0.265. The maximum atomic E-state index is 5.78. The van der Waals surface area contributed by atoms with Gasteiger partial charge in [-0.05, 0) is 18.5 Å². The molecule has 0 saturated heterocycles. The molecule has 1 aromatic carbocycles. The van der Waals surface area contributed by atoms with E-state index in [1.54, 1.807) is 7.11 Å². The van der Waals surface area contributed by atoms with Gasteiger partial charge in [-0.3, -0.25) is 0 Å². The fourth-order valence-corrected chi connectivity index (χ4v) is 1.84. The Morgan fingerprint density at radius 2 is 2.19 bits per heavy atom. The number of nitrogens with zero attached hydrogens (tertiary/aromatic N) is 2. The third-order valence-corrected chi connectivity index (χ3v) is 2.91. The van der Waals surface area contributed by atoms with Gasteiger partial charge in [0.05, 0.1) is 7.11 Å². The maximum absolute atomic E-state index is 5.78. The predicted octanol–water partition coefficient (Wildman–Crippen LogP) is 2.40. The topological polar surface area (TPSA) is 69.4 Å². The Morgan fingerprint density at radius 1 is 1.33 bits per heavy atom. The number of ether oxygens (including phenoxy) is 2. The number of hydrogen-bond donors (Lipinski definition) is 1. The van der Waals surface area contributed by atoms with E-state index in [1.807, 2.05) is 18.2 Å². The van der Waals surface area contributed by atoms with E-state index in [-0.39, 0.29) is 6.61 Å². The minimum absolute atomic E-state index is 0.265. The molecule has 1 N–H and O–H groups in total. The van der Waals surface area contributed by atoms with Gasteiger partial charge >= 0.3 is 0 Å². The van der Waals surface area contributed by atoms with Crippen LogP contribution in [0, 0.1) is 5.92 Å². The van der Waals surface area contributed by atoms with Crippen LogP contribution in [0.2, 0.25) is 0 Å². The first-order valence-electron chi connectivity index (χ1n) is 6.94. The van der Waals surface area contributed by atoms with Gasteiger partial charge in [0.2, 0.25) is 12.2 Å². The van der Waals surface area contributed by atoms with Crippen LogP contribution in [-0.2, 0) is 13.2 Å². The smallest absolute Gasteiger partial charge is 0.213 e. The summed E-state index contributed by atoms with van der Waals surface area (Å²) < 4.78 is 15.7. The van der Waals surface area contributed by atoms with Crippen molar-refractivity contribution in [2.75, 3.05) is 13.7 Å². The number of benzene rings is 1. The van der Waals surface area contributed by atoms with Gasteiger partial charge in [-0.25, -0.2) is 0 Å². The lowest BCUT2D eigenvalue weighted by Gasteiger charge is -2.13. The van der Waals surface area contributed by atoms with Crippen molar-refractivity contribution in [3.05, 3.63) is 36.0 Å². The zero-order valence-electron chi connectivity index (χ0n) is 12.6. The summed E-state index contributed by atoms with van der Waals surface area (Å²) in [5, 5.41) is 7.13. The van der Waals surface area contributed by atoms with Crippen molar-refractivity contribution in [1.82, 2.24) is 15.5 Å². The summed E-state index contributed by atoms with van der Waals surface area (Å²) in [6.07, 6.45) is 1.29. The molecule has 1 aromatic heterocycles. The second-order valence-corrected chi connectivity index (χ2v) is 5.13. The van der Waals surface area contributed by atoms with Crippen molar-refractivity contribution < 1.29 is 14.0 Å². The molecule has 21 heavy (non-hydrogen) atoms. The van der Waals surface area contributed by atoms with Gasteiger partial charge in [0, 0.05) is 18.2 Å². The number of rotatable bonds is 8. The molecule has 0 aliphatic rings. The average molecular weight is 291 g/mol. The molecule has 0 aliphatic heterocycles. The molecule has 0 unspecified atom stereocenters. The van der Waals surface area contributed by atoms with Crippen LogP contribution in [0.4, 0.5) is 0 Å². The van der Waals surface area contributed by atoms with Gasteiger partial charge in [-0.15, -0.1) is 0 Å². The van der Waals surface area contributed by atoms with E-state index >= 15 is 0 Å². The maximum Gasteiger partial charge on any atom is 0.213 e. The molecule has 0 fully saturated rings. The van der Waals surface area contributed by atoms with E-state index in [2.05, 4.69) is 29.3 Å². The van der Waals surface area contributed by atoms with Gasteiger partial charge in [-0.1, -0.05) is 25.1 Å². The minimum Gasteiger partial charge on any atom is -0.497 e. The molecule has 6 nitrogen and oxygen atoms in total. The Labute approximate surface area is 124 Å². The molecule has 0 bridgehead atoms.